The van der Waals surface area contributed by atoms with Gasteiger partial charge in [0.15, 0.2) is 0 Å². The van der Waals surface area contributed by atoms with Gasteiger partial charge < -0.3 is 5.32 Å². The average Bonchev–Trinajstić information content (AvgIpc) is 1.96. The SMILES string of the molecule is Cc1cnc(Cl)cc1NC(C)C. The molecule has 1 N–H and O–H groups in total. The molecule has 0 radical (unpaired) electrons. The van der Waals surface area contributed by atoms with Crippen LogP contribution in [-0.2, 0) is 0 Å². The fourth-order valence-electron chi connectivity index (χ4n) is 0.965. The third-order valence-electron chi connectivity index (χ3n) is 1.51. The molecule has 0 saturated carbocycles. The van der Waals surface area contributed by atoms with E-state index in [1.54, 1.807) is 6.20 Å². The molecule has 0 aromatic carbocycles. The van der Waals surface area contributed by atoms with E-state index in [9.17, 15) is 0 Å². The molecule has 0 spiro atoms. The van der Waals surface area contributed by atoms with Crippen molar-refractivity contribution in [3.8, 4) is 0 Å². The third kappa shape index (κ3) is 2.38. The molecule has 12 heavy (non-hydrogen) atoms. The van der Waals surface area contributed by atoms with Crippen LogP contribution in [0.1, 0.15) is 19.4 Å². The summed E-state index contributed by atoms with van der Waals surface area (Å²) in [5.74, 6) is 0. The predicted octanol–water partition coefficient (Wildman–Crippen LogP) is 2.86. The normalized spacial score (nSPS) is 10.4. The number of rotatable bonds is 2. The maximum absolute atomic E-state index is 5.75. The quantitative estimate of drug-likeness (QED) is 0.715. The first-order chi connectivity index (χ1) is 5.59. The summed E-state index contributed by atoms with van der Waals surface area (Å²) in [4.78, 5) is 3.97. The Morgan fingerprint density at radius 1 is 1.50 bits per heavy atom. The Labute approximate surface area is 78.0 Å². The lowest BCUT2D eigenvalue weighted by Crippen LogP contribution is -2.10. The van der Waals surface area contributed by atoms with E-state index < -0.39 is 0 Å². The Bertz CT molecular complexity index is 271. The molecule has 0 fully saturated rings. The molecule has 0 saturated heterocycles. The summed E-state index contributed by atoms with van der Waals surface area (Å²) in [6.45, 7) is 6.19. The molecule has 0 unspecified atom stereocenters. The summed E-state index contributed by atoms with van der Waals surface area (Å²) in [6, 6.07) is 2.26. The van der Waals surface area contributed by atoms with Crippen LogP contribution in [0.5, 0.6) is 0 Å². The van der Waals surface area contributed by atoms with E-state index in [4.69, 9.17) is 11.6 Å². The van der Waals surface area contributed by atoms with Crippen LogP contribution in [0.4, 0.5) is 5.69 Å². The maximum atomic E-state index is 5.75. The minimum atomic E-state index is 0.419. The van der Waals surface area contributed by atoms with Crippen LogP contribution < -0.4 is 5.32 Å². The van der Waals surface area contributed by atoms with Crippen LogP contribution in [0.2, 0.25) is 5.15 Å². The molecule has 1 heterocycles. The van der Waals surface area contributed by atoms with Crippen molar-refractivity contribution in [2.45, 2.75) is 26.8 Å². The first kappa shape index (κ1) is 9.33. The molecule has 1 aromatic heterocycles. The van der Waals surface area contributed by atoms with Crippen LogP contribution in [0.15, 0.2) is 12.3 Å². The van der Waals surface area contributed by atoms with Gasteiger partial charge in [0.25, 0.3) is 0 Å². The lowest BCUT2D eigenvalue weighted by atomic mass is 10.2. The van der Waals surface area contributed by atoms with Crippen molar-refractivity contribution in [3.63, 3.8) is 0 Å². The number of nitrogens with zero attached hydrogens (tertiary/aromatic N) is 1. The van der Waals surface area contributed by atoms with Gasteiger partial charge in [0.2, 0.25) is 0 Å². The minimum Gasteiger partial charge on any atom is -0.383 e. The molecule has 66 valence electrons. The molecule has 1 rings (SSSR count). The first-order valence-corrected chi connectivity index (χ1v) is 4.36. The van der Waals surface area contributed by atoms with Gasteiger partial charge in [-0.05, 0) is 32.4 Å². The van der Waals surface area contributed by atoms with Crippen molar-refractivity contribution in [2.75, 3.05) is 5.32 Å². The molecule has 0 aliphatic carbocycles. The number of anilines is 1. The third-order valence-corrected chi connectivity index (χ3v) is 1.72. The zero-order chi connectivity index (χ0) is 9.14. The van der Waals surface area contributed by atoms with Crippen molar-refractivity contribution in [1.29, 1.82) is 0 Å². The maximum Gasteiger partial charge on any atom is 0.131 e. The first-order valence-electron chi connectivity index (χ1n) is 3.98. The Balaban J connectivity index is 2.90. The zero-order valence-electron chi connectivity index (χ0n) is 7.56. The van der Waals surface area contributed by atoms with Gasteiger partial charge in [0.1, 0.15) is 5.15 Å². The standard InChI is InChI=1S/C9H13ClN2/c1-6(2)12-8-4-9(10)11-5-7(8)3/h4-6H,1-3H3,(H,11,12). The smallest absolute Gasteiger partial charge is 0.131 e. The van der Waals surface area contributed by atoms with Crippen molar-refractivity contribution in [3.05, 3.63) is 23.0 Å². The fourth-order valence-corrected chi connectivity index (χ4v) is 1.12. The molecular formula is C9H13ClN2. The second-order valence-electron chi connectivity index (χ2n) is 3.12. The molecule has 2 nitrogen and oxygen atoms in total. The van der Waals surface area contributed by atoms with Gasteiger partial charge in [-0.3, -0.25) is 0 Å². The molecular weight excluding hydrogens is 172 g/mol. The van der Waals surface area contributed by atoms with Gasteiger partial charge in [-0.1, -0.05) is 11.6 Å². The van der Waals surface area contributed by atoms with Crippen molar-refractivity contribution >= 4 is 17.3 Å². The molecule has 3 heteroatoms. The van der Waals surface area contributed by atoms with Crippen LogP contribution in [0, 0.1) is 6.92 Å². The molecule has 0 bridgehead atoms. The topological polar surface area (TPSA) is 24.9 Å². The van der Waals surface area contributed by atoms with Gasteiger partial charge in [0.05, 0.1) is 0 Å². The number of hydrogen-bond donors (Lipinski definition) is 1. The molecule has 1 aromatic rings. The Kier molecular flexibility index (Phi) is 2.93. The van der Waals surface area contributed by atoms with E-state index in [-0.39, 0.29) is 0 Å². The van der Waals surface area contributed by atoms with Gasteiger partial charge >= 0.3 is 0 Å². The summed E-state index contributed by atoms with van der Waals surface area (Å²) in [6.07, 6.45) is 1.77. The molecule has 0 aliphatic heterocycles. The van der Waals surface area contributed by atoms with Gasteiger partial charge in [-0.15, -0.1) is 0 Å². The van der Waals surface area contributed by atoms with Crippen LogP contribution in [0.25, 0.3) is 0 Å². The zero-order valence-corrected chi connectivity index (χ0v) is 8.31. The molecule has 0 amide bonds. The van der Waals surface area contributed by atoms with Gasteiger partial charge in [-0.2, -0.15) is 0 Å². The lowest BCUT2D eigenvalue weighted by molar-refractivity contribution is 0.896. The number of hydrogen-bond acceptors (Lipinski definition) is 2. The summed E-state index contributed by atoms with van der Waals surface area (Å²) < 4.78 is 0. The summed E-state index contributed by atoms with van der Waals surface area (Å²) in [5.41, 5.74) is 2.18. The minimum absolute atomic E-state index is 0.419. The predicted molar refractivity (Wildman–Crippen MR) is 52.7 cm³/mol. The second-order valence-corrected chi connectivity index (χ2v) is 3.51. The number of halogens is 1. The van der Waals surface area contributed by atoms with Crippen molar-refractivity contribution in [2.24, 2.45) is 0 Å². The summed E-state index contributed by atoms with van der Waals surface area (Å²) in [5, 5.41) is 3.82. The van der Waals surface area contributed by atoms with Gasteiger partial charge in [0, 0.05) is 17.9 Å². The number of aromatic nitrogens is 1. The molecule has 0 atom stereocenters. The Morgan fingerprint density at radius 2 is 2.17 bits per heavy atom. The highest BCUT2D eigenvalue weighted by atomic mass is 35.5. The van der Waals surface area contributed by atoms with E-state index >= 15 is 0 Å². The van der Waals surface area contributed by atoms with E-state index in [0.717, 1.165) is 11.3 Å². The average molecular weight is 185 g/mol. The number of pyridine rings is 1. The van der Waals surface area contributed by atoms with E-state index in [2.05, 4.69) is 24.1 Å². The van der Waals surface area contributed by atoms with Crippen LogP contribution in [0.3, 0.4) is 0 Å². The summed E-state index contributed by atoms with van der Waals surface area (Å²) in [7, 11) is 0. The monoisotopic (exact) mass is 184 g/mol. The van der Waals surface area contributed by atoms with Crippen molar-refractivity contribution < 1.29 is 0 Å². The van der Waals surface area contributed by atoms with E-state index in [0.29, 0.717) is 11.2 Å². The van der Waals surface area contributed by atoms with Crippen molar-refractivity contribution in [1.82, 2.24) is 4.98 Å². The highest BCUT2D eigenvalue weighted by molar-refractivity contribution is 6.29. The highest BCUT2D eigenvalue weighted by Crippen LogP contribution is 2.17. The largest absolute Gasteiger partial charge is 0.383 e. The molecule has 0 aliphatic rings. The summed E-state index contributed by atoms with van der Waals surface area (Å²) >= 11 is 5.75. The number of aryl methyl sites for hydroxylation is 1. The lowest BCUT2D eigenvalue weighted by Gasteiger charge is -2.12. The van der Waals surface area contributed by atoms with Gasteiger partial charge in [-0.25, -0.2) is 4.98 Å². The second kappa shape index (κ2) is 3.76. The van der Waals surface area contributed by atoms with Crippen LogP contribution in [-0.4, -0.2) is 11.0 Å². The Hall–Kier alpha value is -0.760. The fraction of sp³-hybridized carbons (Fsp3) is 0.444. The number of nitrogens with one attached hydrogen (secondary N) is 1. The van der Waals surface area contributed by atoms with Crippen LogP contribution >= 0.6 is 11.6 Å². The Morgan fingerprint density at radius 3 is 2.75 bits per heavy atom. The van der Waals surface area contributed by atoms with E-state index in [1.807, 2.05) is 13.0 Å². The van der Waals surface area contributed by atoms with E-state index in [1.165, 1.54) is 0 Å². The highest BCUT2D eigenvalue weighted by Gasteiger charge is 2.00.